The van der Waals surface area contributed by atoms with Gasteiger partial charge in [0.05, 0.1) is 0 Å². The van der Waals surface area contributed by atoms with Crippen molar-refractivity contribution in [2.75, 3.05) is 13.1 Å². The normalized spacial score (nSPS) is 8.75. The first-order valence-corrected chi connectivity index (χ1v) is 4.83. The fraction of sp³-hybridized carbons (Fsp3) is 0.364. The Labute approximate surface area is 97.3 Å². The average Bonchev–Trinajstić information content (AvgIpc) is 2.19. The van der Waals surface area contributed by atoms with Crippen LogP contribution in [0.15, 0.2) is 24.3 Å². The van der Waals surface area contributed by atoms with E-state index >= 15 is 0 Å². The van der Waals surface area contributed by atoms with Crippen molar-refractivity contribution in [2.24, 2.45) is 0 Å². The second-order valence-electron chi connectivity index (χ2n) is 3.10. The molecule has 5 heteroatoms. The van der Waals surface area contributed by atoms with Crippen molar-refractivity contribution in [3.8, 4) is 0 Å². The third kappa shape index (κ3) is 4.04. The van der Waals surface area contributed by atoms with Gasteiger partial charge in [-0.1, -0.05) is 0 Å². The molecule has 1 aromatic rings. The van der Waals surface area contributed by atoms with E-state index in [1.165, 1.54) is 0 Å². The quantitative estimate of drug-likeness (QED) is 0.701. The third-order valence-electron chi connectivity index (χ3n) is 2.18. The van der Waals surface area contributed by atoms with Crippen molar-refractivity contribution in [3.05, 3.63) is 29.8 Å². The first-order valence-electron chi connectivity index (χ1n) is 4.83. The van der Waals surface area contributed by atoms with E-state index in [-0.39, 0.29) is 16.9 Å². The molecule has 0 aliphatic carbocycles. The predicted octanol–water partition coefficient (Wildman–Crippen LogP) is 0.609. The Kier molecular flexibility index (Phi) is 8.44. The average molecular weight is 221 g/mol. The van der Waals surface area contributed by atoms with E-state index in [4.69, 9.17) is 7.85 Å². The first-order chi connectivity index (χ1) is 6.69. The zero-order valence-electron chi connectivity index (χ0n) is 9.55. The summed E-state index contributed by atoms with van der Waals surface area (Å²) in [6, 6.07) is 7.07. The Bertz CT molecular complexity index is 327. The Hall–Kier alpha value is -1.33. The number of nitrogens with zero attached hydrogens (tertiary/aromatic N) is 1. The minimum atomic E-state index is 0. The molecule has 0 spiro atoms. The molecule has 0 aliphatic rings. The molecule has 1 aromatic carbocycles. The summed E-state index contributed by atoms with van der Waals surface area (Å²) in [5.74, 6) is 0.0438. The van der Waals surface area contributed by atoms with E-state index in [9.17, 15) is 4.79 Å². The van der Waals surface area contributed by atoms with Crippen LogP contribution in [0, 0.1) is 0 Å². The molecule has 0 radical (unpaired) electrons. The van der Waals surface area contributed by atoms with E-state index in [1.807, 2.05) is 13.8 Å². The molecule has 0 unspecified atom stereocenters. The van der Waals surface area contributed by atoms with E-state index in [2.05, 4.69) is 0 Å². The number of hydrogen-bond donors (Lipinski definition) is 0. The number of carbonyl (C=O) groups is 1. The van der Waals surface area contributed by atoms with Crippen LogP contribution < -0.4 is 5.46 Å². The fourth-order valence-electron chi connectivity index (χ4n) is 1.37. The summed E-state index contributed by atoms with van der Waals surface area (Å²) in [6.45, 7) is 5.38. The fourth-order valence-corrected chi connectivity index (χ4v) is 1.37. The van der Waals surface area contributed by atoms with Crippen LogP contribution in [0.2, 0.25) is 0 Å². The van der Waals surface area contributed by atoms with E-state index < -0.39 is 0 Å². The van der Waals surface area contributed by atoms with Crippen molar-refractivity contribution in [3.63, 3.8) is 0 Å². The molecule has 0 saturated carbocycles. The van der Waals surface area contributed by atoms with E-state index in [0.717, 1.165) is 13.1 Å². The minimum absolute atomic E-state index is 0. The number of rotatable bonds is 3. The van der Waals surface area contributed by atoms with Crippen molar-refractivity contribution in [2.45, 2.75) is 13.8 Å². The van der Waals surface area contributed by atoms with Gasteiger partial charge >= 0.3 is 85.7 Å². The summed E-state index contributed by atoms with van der Waals surface area (Å²) >= 11 is 0. The molecule has 0 saturated heterocycles. The molecule has 0 aromatic heterocycles. The number of benzene rings is 1. The first kappa shape index (κ1) is 17.1. The van der Waals surface area contributed by atoms with Crippen LogP contribution in [0.4, 0.5) is 0 Å². The second-order valence-corrected chi connectivity index (χ2v) is 3.10. The Morgan fingerprint density at radius 3 is 2.25 bits per heavy atom. The van der Waals surface area contributed by atoms with Crippen LogP contribution in [0.3, 0.4) is 0 Å². The van der Waals surface area contributed by atoms with Gasteiger partial charge in [-0.05, 0) is 0 Å². The van der Waals surface area contributed by atoms with Crippen molar-refractivity contribution >= 4 is 19.2 Å². The third-order valence-corrected chi connectivity index (χ3v) is 2.18. The molecule has 1 amide bonds. The van der Waals surface area contributed by atoms with Crippen LogP contribution in [0.25, 0.3) is 0 Å². The molecule has 0 aliphatic heterocycles. The Morgan fingerprint density at radius 2 is 1.81 bits per heavy atom. The summed E-state index contributed by atoms with van der Waals surface area (Å²) in [7, 11) is 5.61. The molecule has 0 fully saturated rings. The zero-order valence-corrected chi connectivity index (χ0v) is 9.55. The topological polar surface area (TPSA) is 80.3 Å². The van der Waals surface area contributed by atoms with Gasteiger partial charge < -0.3 is 11.0 Å². The van der Waals surface area contributed by atoms with Gasteiger partial charge in [0.15, 0.2) is 0 Å². The Balaban J connectivity index is 0. The summed E-state index contributed by atoms with van der Waals surface area (Å²) < 4.78 is 0. The SMILES string of the molecule is [B+2]c1cccc(C(=O)N(CC)CC)c1.[OH-].[OH-]. The maximum atomic E-state index is 11.8. The van der Waals surface area contributed by atoms with Crippen LogP contribution >= 0.6 is 0 Å². The van der Waals surface area contributed by atoms with Gasteiger partial charge in [0.25, 0.3) is 0 Å². The standard InChI is InChI=1S/C11H14BNO.2H2O/c1-3-13(4-2)11(14)9-6-5-7-10(12)8-9;;/h5-8H,3-4H2,1-2H3;2*1H2/q+2;;/p-2. The van der Waals surface area contributed by atoms with Crippen molar-refractivity contribution < 1.29 is 15.7 Å². The van der Waals surface area contributed by atoms with Gasteiger partial charge in [0.1, 0.15) is 0 Å². The molecule has 86 valence electrons. The van der Waals surface area contributed by atoms with Crippen molar-refractivity contribution in [1.29, 1.82) is 0 Å². The summed E-state index contributed by atoms with van der Waals surface area (Å²) in [4.78, 5) is 13.6. The van der Waals surface area contributed by atoms with Crippen LogP contribution in [0.1, 0.15) is 24.2 Å². The largest absolute Gasteiger partial charge is 0.870 e. The van der Waals surface area contributed by atoms with Gasteiger partial charge in [-0.3, -0.25) is 0 Å². The molecule has 0 heterocycles. The molecule has 1 rings (SSSR count). The monoisotopic (exact) mass is 221 g/mol. The van der Waals surface area contributed by atoms with Gasteiger partial charge in [-0.25, -0.2) is 0 Å². The summed E-state index contributed by atoms with van der Waals surface area (Å²) in [5, 5.41) is 0. The second kappa shape index (κ2) is 7.90. The maximum absolute atomic E-state index is 11.8. The van der Waals surface area contributed by atoms with Crippen LogP contribution in [-0.2, 0) is 0 Å². The molecular weight excluding hydrogens is 205 g/mol. The van der Waals surface area contributed by atoms with Gasteiger partial charge in [-0.15, -0.1) is 0 Å². The Morgan fingerprint density at radius 1 is 1.25 bits per heavy atom. The molecule has 16 heavy (non-hydrogen) atoms. The molecular formula is C11H16BNO3. The van der Waals surface area contributed by atoms with Crippen molar-refractivity contribution in [1.82, 2.24) is 4.90 Å². The maximum Gasteiger partial charge on any atom is -0.870 e. The zero-order chi connectivity index (χ0) is 10.6. The molecule has 2 N–H and O–H groups in total. The predicted molar refractivity (Wildman–Crippen MR) is 63.0 cm³/mol. The smallest absolute Gasteiger partial charge is 0.870 e. The van der Waals surface area contributed by atoms with Crippen LogP contribution in [0.5, 0.6) is 0 Å². The number of amides is 1. The molecule has 0 atom stereocenters. The van der Waals surface area contributed by atoms with E-state index in [0.29, 0.717) is 11.0 Å². The van der Waals surface area contributed by atoms with Gasteiger partial charge in [0.2, 0.25) is 0 Å². The van der Waals surface area contributed by atoms with E-state index in [1.54, 1.807) is 29.2 Å². The number of hydrogen-bond acceptors (Lipinski definition) is 3. The molecule has 0 bridgehead atoms. The molecule has 4 nitrogen and oxygen atoms in total. The minimum Gasteiger partial charge on any atom is -0.870 e. The summed E-state index contributed by atoms with van der Waals surface area (Å²) in [6.07, 6.45) is 0. The van der Waals surface area contributed by atoms with Gasteiger partial charge in [-0.2, -0.15) is 0 Å². The number of carbonyl (C=O) groups excluding carboxylic acids is 1. The van der Waals surface area contributed by atoms with Gasteiger partial charge in [0, 0.05) is 0 Å². The van der Waals surface area contributed by atoms with Crippen LogP contribution in [-0.4, -0.2) is 42.7 Å². The summed E-state index contributed by atoms with van der Waals surface area (Å²) in [5.41, 5.74) is 1.29.